The third-order valence-electron chi connectivity index (χ3n) is 2.30. The predicted octanol–water partition coefficient (Wildman–Crippen LogP) is 1.58. The second-order valence-corrected chi connectivity index (χ2v) is 3.63. The van der Waals surface area contributed by atoms with Crippen LogP contribution in [0.15, 0.2) is 30.3 Å². The summed E-state index contributed by atoms with van der Waals surface area (Å²) in [7, 11) is 0. The summed E-state index contributed by atoms with van der Waals surface area (Å²) in [6.07, 6.45) is 0. The molecule has 17 heavy (non-hydrogen) atoms. The number of rotatable bonds is 7. The van der Waals surface area contributed by atoms with Crippen LogP contribution in [0.5, 0.6) is 0 Å². The summed E-state index contributed by atoms with van der Waals surface area (Å²) in [4.78, 5) is 11.7. The van der Waals surface area contributed by atoms with E-state index in [4.69, 9.17) is 4.74 Å². The number of ether oxygens (including phenoxy) is 1. The second-order valence-electron chi connectivity index (χ2n) is 3.63. The van der Waals surface area contributed by atoms with Crippen LogP contribution in [-0.4, -0.2) is 30.6 Å². The summed E-state index contributed by atoms with van der Waals surface area (Å²) < 4.78 is 5.38. The molecule has 0 aliphatic carbocycles. The summed E-state index contributed by atoms with van der Waals surface area (Å²) in [5.74, 6) is -0.0368. The molecule has 1 aromatic rings. The van der Waals surface area contributed by atoms with Crippen LogP contribution in [0.3, 0.4) is 0 Å². The lowest BCUT2D eigenvalue weighted by molar-refractivity contribution is -0.139. The molecule has 1 rings (SSSR count). The molecule has 0 unspecified atom stereocenters. The molecule has 0 atom stereocenters. The Bertz CT molecular complexity index is 327. The van der Waals surface area contributed by atoms with Crippen molar-refractivity contribution < 1.29 is 9.53 Å². The fourth-order valence-electron chi connectivity index (χ4n) is 1.48. The molecule has 0 saturated carbocycles. The van der Waals surface area contributed by atoms with E-state index in [1.165, 1.54) is 0 Å². The number of benzene rings is 1. The van der Waals surface area contributed by atoms with Gasteiger partial charge in [-0.3, -0.25) is 9.80 Å². The van der Waals surface area contributed by atoms with Crippen LogP contribution in [0.1, 0.15) is 19.4 Å². The molecular formula is C13H20N2O2. The Morgan fingerprint density at radius 1 is 1.29 bits per heavy atom. The molecule has 0 saturated heterocycles. The molecule has 0 aromatic heterocycles. The molecule has 0 aliphatic rings. The van der Waals surface area contributed by atoms with Gasteiger partial charge >= 0.3 is 0 Å². The van der Waals surface area contributed by atoms with Gasteiger partial charge in [-0.2, -0.15) is 0 Å². The highest BCUT2D eigenvalue weighted by atomic mass is 16.5. The van der Waals surface area contributed by atoms with Crippen LogP contribution in [0.2, 0.25) is 0 Å². The quantitative estimate of drug-likeness (QED) is 0.731. The summed E-state index contributed by atoms with van der Waals surface area (Å²) >= 11 is 0. The minimum absolute atomic E-state index is 0.0368. The van der Waals surface area contributed by atoms with Crippen LogP contribution in [-0.2, 0) is 16.1 Å². The van der Waals surface area contributed by atoms with Gasteiger partial charge in [0.25, 0.3) is 5.91 Å². The van der Waals surface area contributed by atoms with Crippen LogP contribution < -0.4 is 5.43 Å². The fraction of sp³-hybridized carbons (Fsp3) is 0.462. The van der Waals surface area contributed by atoms with Crippen molar-refractivity contribution in [3.8, 4) is 0 Å². The van der Waals surface area contributed by atoms with E-state index in [1.807, 2.05) is 44.2 Å². The lowest BCUT2D eigenvalue weighted by Gasteiger charge is -2.20. The molecule has 4 heteroatoms. The first-order chi connectivity index (χ1) is 8.27. The summed E-state index contributed by atoms with van der Waals surface area (Å²) in [5, 5.41) is 1.57. The molecule has 4 nitrogen and oxygen atoms in total. The van der Waals surface area contributed by atoms with Gasteiger partial charge in [0.2, 0.25) is 0 Å². The Hall–Kier alpha value is -1.39. The number of hydrogen-bond acceptors (Lipinski definition) is 3. The van der Waals surface area contributed by atoms with Crippen molar-refractivity contribution in [2.24, 2.45) is 0 Å². The molecule has 0 bridgehead atoms. The molecule has 1 N–H and O–H groups in total. The van der Waals surface area contributed by atoms with Crippen molar-refractivity contribution >= 4 is 5.91 Å². The van der Waals surface area contributed by atoms with Crippen molar-refractivity contribution in [3.05, 3.63) is 35.9 Å². The van der Waals surface area contributed by atoms with Gasteiger partial charge in [-0.05, 0) is 12.5 Å². The minimum atomic E-state index is -0.0368. The van der Waals surface area contributed by atoms with Crippen LogP contribution in [0.4, 0.5) is 0 Å². The average Bonchev–Trinajstić information content (AvgIpc) is 2.37. The summed E-state index contributed by atoms with van der Waals surface area (Å²) in [5.41, 5.74) is 4.06. The number of amides is 1. The Morgan fingerprint density at radius 3 is 2.59 bits per heavy atom. The minimum Gasteiger partial charge on any atom is -0.367 e. The zero-order chi connectivity index (χ0) is 12.5. The van der Waals surface area contributed by atoms with Crippen molar-refractivity contribution in [1.82, 2.24) is 10.4 Å². The number of hydrazine groups is 1. The second kappa shape index (κ2) is 7.81. The average molecular weight is 236 g/mol. The van der Waals surface area contributed by atoms with Gasteiger partial charge in [0.1, 0.15) is 6.61 Å². The van der Waals surface area contributed by atoms with Gasteiger partial charge in [-0.25, -0.2) is 5.43 Å². The van der Waals surface area contributed by atoms with Gasteiger partial charge in [0, 0.05) is 13.1 Å². The molecule has 0 radical (unpaired) electrons. The topological polar surface area (TPSA) is 41.6 Å². The first-order valence-corrected chi connectivity index (χ1v) is 5.93. The predicted molar refractivity (Wildman–Crippen MR) is 67.2 cm³/mol. The summed E-state index contributed by atoms with van der Waals surface area (Å²) in [6, 6.07) is 9.83. The summed E-state index contributed by atoms with van der Waals surface area (Å²) in [6.45, 7) is 5.84. The maximum atomic E-state index is 11.7. The monoisotopic (exact) mass is 236 g/mol. The molecule has 94 valence electrons. The first-order valence-electron chi connectivity index (χ1n) is 5.93. The Labute approximate surface area is 103 Å². The molecular weight excluding hydrogens is 216 g/mol. The lowest BCUT2D eigenvalue weighted by atomic mass is 10.2. The number of nitrogens with one attached hydrogen (secondary N) is 1. The first kappa shape index (κ1) is 13.7. The smallest absolute Gasteiger partial charge is 0.262 e. The highest BCUT2D eigenvalue weighted by Crippen LogP contribution is 2.00. The van der Waals surface area contributed by atoms with E-state index >= 15 is 0 Å². The van der Waals surface area contributed by atoms with E-state index in [2.05, 4.69) is 5.43 Å². The number of likely N-dealkylation sites (N-methyl/N-ethyl adjacent to an activating group) is 1. The normalized spacial score (nSPS) is 10.2. The molecule has 0 heterocycles. The fourth-order valence-corrected chi connectivity index (χ4v) is 1.48. The van der Waals surface area contributed by atoms with Crippen molar-refractivity contribution in [2.75, 3.05) is 19.7 Å². The SMILES string of the molecule is CCNN(CC)C(=O)COCc1ccccc1. The van der Waals surface area contributed by atoms with Crippen molar-refractivity contribution in [1.29, 1.82) is 0 Å². The molecule has 0 spiro atoms. The Morgan fingerprint density at radius 2 is 2.00 bits per heavy atom. The molecule has 1 aromatic carbocycles. The molecule has 1 amide bonds. The van der Waals surface area contributed by atoms with E-state index < -0.39 is 0 Å². The zero-order valence-electron chi connectivity index (χ0n) is 10.5. The largest absolute Gasteiger partial charge is 0.367 e. The van der Waals surface area contributed by atoms with Crippen LogP contribution in [0.25, 0.3) is 0 Å². The van der Waals surface area contributed by atoms with E-state index in [0.717, 1.165) is 12.1 Å². The highest BCUT2D eigenvalue weighted by molar-refractivity contribution is 5.76. The third kappa shape index (κ3) is 4.97. The van der Waals surface area contributed by atoms with E-state index in [0.29, 0.717) is 13.2 Å². The standard InChI is InChI=1S/C13H20N2O2/c1-3-14-15(4-2)13(16)11-17-10-12-8-6-5-7-9-12/h5-9,14H,3-4,10-11H2,1-2H3. The Balaban J connectivity index is 2.28. The molecule has 0 aliphatic heterocycles. The maximum absolute atomic E-state index is 11.7. The van der Waals surface area contributed by atoms with Crippen LogP contribution in [0, 0.1) is 0 Å². The van der Waals surface area contributed by atoms with Gasteiger partial charge in [0.05, 0.1) is 6.61 Å². The number of nitrogens with zero attached hydrogens (tertiary/aromatic N) is 1. The van der Waals surface area contributed by atoms with Crippen molar-refractivity contribution in [2.45, 2.75) is 20.5 Å². The number of hydrogen-bond donors (Lipinski definition) is 1. The van der Waals surface area contributed by atoms with Crippen LogP contribution >= 0.6 is 0 Å². The maximum Gasteiger partial charge on any atom is 0.262 e. The van der Waals surface area contributed by atoms with Gasteiger partial charge in [-0.15, -0.1) is 0 Å². The van der Waals surface area contributed by atoms with E-state index in [9.17, 15) is 4.79 Å². The lowest BCUT2D eigenvalue weighted by Crippen LogP contribution is -2.44. The zero-order valence-corrected chi connectivity index (χ0v) is 10.5. The van der Waals surface area contributed by atoms with Gasteiger partial charge in [-0.1, -0.05) is 37.3 Å². The Kier molecular flexibility index (Phi) is 6.29. The number of carbonyl (C=O) groups is 1. The third-order valence-corrected chi connectivity index (χ3v) is 2.30. The molecule has 0 fully saturated rings. The highest BCUT2D eigenvalue weighted by Gasteiger charge is 2.09. The van der Waals surface area contributed by atoms with Gasteiger partial charge in [0.15, 0.2) is 0 Å². The van der Waals surface area contributed by atoms with E-state index in [-0.39, 0.29) is 12.5 Å². The van der Waals surface area contributed by atoms with Gasteiger partial charge < -0.3 is 4.74 Å². The van der Waals surface area contributed by atoms with E-state index in [1.54, 1.807) is 5.01 Å². The number of carbonyl (C=O) groups excluding carboxylic acids is 1. The van der Waals surface area contributed by atoms with Crippen molar-refractivity contribution in [3.63, 3.8) is 0 Å².